The topological polar surface area (TPSA) is 100 Å². The van der Waals surface area contributed by atoms with Gasteiger partial charge in [-0.2, -0.15) is 0 Å². The molecule has 0 amide bonds. The van der Waals surface area contributed by atoms with E-state index in [9.17, 15) is 14.9 Å². The van der Waals surface area contributed by atoms with Gasteiger partial charge in [0.2, 0.25) is 0 Å². The molecule has 28 heavy (non-hydrogen) atoms. The molecule has 2 heterocycles. The average molecular weight is 416 g/mol. The normalized spacial score (nSPS) is 13.5. The zero-order chi connectivity index (χ0) is 19.7. The Bertz CT molecular complexity index is 1030. The summed E-state index contributed by atoms with van der Waals surface area (Å²) in [4.78, 5) is 24.4. The van der Waals surface area contributed by atoms with Crippen molar-refractivity contribution in [1.29, 1.82) is 0 Å². The molecule has 1 aliphatic carbocycles. The highest BCUT2D eigenvalue weighted by Crippen LogP contribution is 2.41. The number of methoxy groups -OCH3 is 1. The zero-order valence-corrected chi connectivity index (χ0v) is 16.5. The number of thiophene rings is 1. The van der Waals surface area contributed by atoms with Gasteiger partial charge < -0.3 is 9.30 Å². The number of nitro benzene ring substituents is 1. The first kappa shape index (κ1) is 18.6. The largest absolute Gasteiger partial charge is 0.465 e. The average Bonchev–Trinajstić information content (AvgIpc) is 3.25. The molecule has 0 spiro atoms. The van der Waals surface area contributed by atoms with Crippen molar-refractivity contribution in [2.45, 2.75) is 35.4 Å². The van der Waals surface area contributed by atoms with E-state index in [4.69, 9.17) is 4.74 Å². The van der Waals surface area contributed by atoms with Crippen LogP contribution < -0.4 is 0 Å². The molecule has 0 N–H and O–H groups in total. The van der Waals surface area contributed by atoms with Gasteiger partial charge >= 0.3 is 5.97 Å². The molecule has 4 rings (SSSR count). The molecule has 2 aromatic heterocycles. The molecule has 0 radical (unpaired) electrons. The van der Waals surface area contributed by atoms with Crippen LogP contribution in [0.2, 0.25) is 0 Å². The lowest BCUT2D eigenvalue weighted by molar-refractivity contribution is -0.384. The fourth-order valence-electron chi connectivity index (χ4n) is 2.85. The van der Waals surface area contributed by atoms with Crippen LogP contribution in [-0.2, 0) is 11.2 Å². The number of aromatic nitrogens is 3. The molecule has 8 nitrogen and oxygen atoms in total. The number of nitro groups is 1. The minimum atomic E-state index is -0.623. The molecule has 0 unspecified atom stereocenters. The number of carbonyl (C=O) groups excluding carboxylic acids is 1. The third-order valence-corrected chi connectivity index (χ3v) is 6.25. The van der Waals surface area contributed by atoms with E-state index in [2.05, 4.69) is 20.8 Å². The van der Waals surface area contributed by atoms with Gasteiger partial charge in [0.05, 0.1) is 17.6 Å². The van der Waals surface area contributed by atoms with E-state index in [0.717, 1.165) is 18.7 Å². The van der Waals surface area contributed by atoms with Crippen LogP contribution in [0.1, 0.15) is 39.9 Å². The van der Waals surface area contributed by atoms with Gasteiger partial charge in [-0.1, -0.05) is 6.07 Å². The predicted molar refractivity (Wildman–Crippen MR) is 104 cm³/mol. The third-order valence-electron chi connectivity index (χ3n) is 4.34. The minimum absolute atomic E-state index is 0.145. The summed E-state index contributed by atoms with van der Waals surface area (Å²) in [7, 11) is 1.25. The first-order valence-electron chi connectivity index (χ1n) is 8.57. The maximum atomic E-state index is 12.1. The second-order valence-corrected chi connectivity index (χ2v) is 8.33. The number of ether oxygens (including phenoxy) is 1. The fourth-order valence-corrected chi connectivity index (χ4v) is 4.58. The predicted octanol–water partition coefficient (Wildman–Crippen LogP) is 4.11. The lowest BCUT2D eigenvalue weighted by Crippen LogP contribution is -2.06. The summed E-state index contributed by atoms with van der Waals surface area (Å²) < 4.78 is 6.92. The Kier molecular flexibility index (Phi) is 5.14. The van der Waals surface area contributed by atoms with Crippen molar-refractivity contribution in [2.75, 3.05) is 7.11 Å². The highest BCUT2D eigenvalue weighted by molar-refractivity contribution is 7.99. The first-order valence-corrected chi connectivity index (χ1v) is 10.3. The van der Waals surface area contributed by atoms with Crippen molar-refractivity contribution in [3.63, 3.8) is 0 Å². The van der Waals surface area contributed by atoms with Crippen LogP contribution in [0.15, 0.2) is 45.8 Å². The second-order valence-electron chi connectivity index (χ2n) is 6.29. The Morgan fingerprint density at radius 3 is 2.86 bits per heavy atom. The molecule has 1 aliphatic rings. The standard InChI is InChI=1S/C18H16N4O4S2/c1-26-17(23)14-9-12(22(24)25)6-7-15(14)28-18-20-19-16(21(18)11-4-5-11)10-13-3-2-8-27-13/h2-3,6-9,11H,4-5,10H2,1H3. The minimum Gasteiger partial charge on any atom is -0.465 e. The van der Waals surface area contributed by atoms with E-state index >= 15 is 0 Å². The zero-order valence-electron chi connectivity index (χ0n) is 14.9. The molecule has 0 bridgehead atoms. The molecule has 0 atom stereocenters. The van der Waals surface area contributed by atoms with Crippen molar-refractivity contribution >= 4 is 34.8 Å². The Morgan fingerprint density at radius 1 is 1.39 bits per heavy atom. The number of non-ortho nitro benzene ring substituents is 1. The smallest absolute Gasteiger partial charge is 0.339 e. The molecule has 1 saturated carbocycles. The van der Waals surface area contributed by atoms with Gasteiger partial charge in [0, 0.05) is 34.4 Å². The number of nitrogens with zero attached hydrogens (tertiary/aromatic N) is 4. The quantitative estimate of drug-likeness (QED) is 0.324. The van der Waals surface area contributed by atoms with Gasteiger partial charge in [0.25, 0.3) is 5.69 Å². The number of benzene rings is 1. The van der Waals surface area contributed by atoms with Crippen molar-refractivity contribution in [1.82, 2.24) is 14.8 Å². The van der Waals surface area contributed by atoms with E-state index in [-0.39, 0.29) is 11.3 Å². The van der Waals surface area contributed by atoms with Crippen LogP contribution in [0.3, 0.4) is 0 Å². The number of rotatable bonds is 7. The highest BCUT2D eigenvalue weighted by Gasteiger charge is 2.30. The van der Waals surface area contributed by atoms with Crippen molar-refractivity contribution in [3.8, 4) is 0 Å². The summed E-state index contributed by atoms with van der Waals surface area (Å²) in [6.45, 7) is 0. The molecule has 1 aromatic carbocycles. The van der Waals surface area contributed by atoms with Crippen LogP contribution in [0.4, 0.5) is 5.69 Å². The molecule has 3 aromatic rings. The number of hydrogen-bond acceptors (Lipinski definition) is 8. The second kappa shape index (κ2) is 7.72. The molecular formula is C18H16N4O4S2. The SMILES string of the molecule is COC(=O)c1cc([N+](=O)[O-])ccc1Sc1nnc(Cc2cccs2)n1C1CC1. The van der Waals surface area contributed by atoms with Crippen molar-refractivity contribution < 1.29 is 14.5 Å². The summed E-state index contributed by atoms with van der Waals surface area (Å²) in [6, 6.07) is 8.59. The van der Waals surface area contributed by atoms with Gasteiger partial charge in [0.1, 0.15) is 5.82 Å². The summed E-state index contributed by atoms with van der Waals surface area (Å²) >= 11 is 2.95. The summed E-state index contributed by atoms with van der Waals surface area (Å²) in [5.74, 6) is 0.261. The number of carbonyl (C=O) groups is 1. The van der Waals surface area contributed by atoms with Gasteiger partial charge in [-0.25, -0.2) is 4.79 Å². The Balaban J connectivity index is 1.68. The molecule has 1 fully saturated rings. The Labute approximate surface area is 168 Å². The maximum Gasteiger partial charge on any atom is 0.339 e. The third kappa shape index (κ3) is 3.78. The molecule has 144 valence electrons. The first-order chi connectivity index (χ1) is 13.6. The monoisotopic (exact) mass is 416 g/mol. The van der Waals surface area contributed by atoms with E-state index in [1.165, 1.54) is 35.9 Å². The van der Waals surface area contributed by atoms with Crippen LogP contribution >= 0.6 is 23.1 Å². The van der Waals surface area contributed by atoms with Crippen molar-refractivity contribution in [2.24, 2.45) is 0 Å². The fraction of sp³-hybridized carbons (Fsp3) is 0.278. The van der Waals surface area contributed by atoms with Gasteiger partial charge in [-0.15, -0.1) is 21.5 Å². The van der Waals surface area contributed by atoms with E-state index < -0.39 is 10.9 Å². The lowest BCUT2D eigenvalue weighted by atomic mass is 10.2. The molecule has 10 heteroatoms. The Morgan fingerprint density at radius 2 is 2.21 bits per heavy atom. The van der Waals surface area contributed by atoms with E-state index in [1.807, 2.05) is 11.4 Å². The van der Waals surface area contributed by atoms with Gasteiger partial charge in [-0.3, -0.25) is 10.1 Å². The number of esters is 1. The molecule has 0 saturated heterocycles. The van der Waals surface area contributed by atoms with Crippen molar-refractivity contribution in [3.05, 3.63) is 62.1 Å². The summed E-state index contributed by atoms with van der Waals surface area (Å²) in [5.41, 5.74) is -0.0151. The van der Waals surface area contributed by atoms with Crippen LogP contribution in [0.5, 0.6) is 0 Å². The van der Waals surface area contributed by atoms with Gasteiger partial charge in [0.15, 0.2) is 5.16 Å². The van der Waals surface area contributed by atoms with Gasteiger partial charge in [-0.05, 0) is 42.1 Å². The summed E-state index contributed by atoms with van der Waals surface area (Å²) in [5, 5.41) is 22.5. The van der Waals surface area contributed by atoms with Crippen LogP contribution in [0.25, 0.3) is 0 Å². The molecule has 0 aliphatic heterocycles. The number of hydrogen-bond donors (Lipinski definition) is 0. The van der Waals surface area contributed by atoms with E-state index in [1.54, 1.807) is 17.4 Å². The highest BCUT2D eigenvalue weighted by atomic mass is 32.2. The maximum absolute atomic E-state index is 12.1. The van der Waals surface area contributed by atoms with E-state index in [0.29, 0.717) is 22.5 Å². The van der Waals surface area contributed by atoms with Crippen LogP contribution in [-0.4, -0.2) is 32.8 Å². The Hall–Kier alpha value is -2.72. The molecular weight excluding hydrogens is 400 g/mol. The lowest BCUT2D eigenvalue weighted by Gasteiger charge is -2.10. The van der Waals surface area contributed by atoms with Crippen LogP contribution in [0, 0.1) is 10.1 Å². The summed E-state index contributed by atoms with van der Waals surface area (Å²) in [6.07, 6.45) is 2.83.